The molecule has 0 bridgehead atoms. The first kappa shape index (κ1) is 26.4. The van der Waals surface area contributed by atoms with Crippen molar-refractivity contribution in [3.63, 3.8) is 0 Å². The van der Waals surface area contributed by atoms with Gasteiger partial charge in [-0.3, -0.25) is 9.78 Å². The van der Waals surface area contributed by atoms with Crippen molar-refractivity contribution in [2.45, 2.75) is 25.7 Å². The van der Waals surface area contributed by atoms with Crippen molar-refractivity contribution < 1.29 is 0 Å². The van der Waals surface area contributed by atoms with Gasteiger partial charge in [-0.05, 0) is 36.2 Å². The molecular weight excluding hydrogens is 563 g/mol. The Hall–Kier alpha value is -3.23. The average Bonchev–Trinajstić information content (AvgIpc) is 3.31. The van der Waals surface area contributed by atoms with E-state index in [0.717, 1.165) is 45.5 Å². The van der Waals surface area contributed by atoms with Crippen molar-refractivity contribution in [3.8, 4) is 16.9 Å². The van der Waals surface area contributed by atoms with Crippen LogP contribution < -0.4 is 11.2 Å². The first-order chi connectivity index (χ1) is 18.4. The average molecular weight is 584 g/mol. The molecule has 0 spiro atoms. The van der Waals surface area contributed by atoms with Crippen molar-refractivity contribution >= 4 is 46.1 Å². The molecule has 2 heterocycles. The molecule has 38 heavy (non-hydrogen) atoms. The van der Waals surface area contributed by atoms with E-state index in [0.29, 0.717) is 26.3 Å². The maximum Gasteiger partial charge on any atom is 0.349 e. The number of H-pyrrole nitrogens is 1. The lowest BCUT2D eigenvalue weighted by atomic mass is 9.91. The lowest BCUT2D eigenvalue weighted by Gasteiger charge is -2.20. The maximum atomic E-state index is 12.3. The van der Waals surface area contributed by atoms with Crippen LogP contribution in [0.2, 0.25) is 15.1 Å². The second-order valence-corrected chi connectivity index (χ2v) is 11.0. The number of nitrogens with zero attached hydrogens (tertiary/aromatic N) is 3. The Morgan fingerprint density at radius 1 is 0.974 bits per heavy atom. The fraction of sp³-hybridized carbons (Fsp3) is 0.143. The molecular formula is C28H21Cl3N4O2S. The highest BCUT2D eigenvalue weighted by atomic mass is 35.5. The van der Waals surface area contributed by atoms with E-state index >= 15 is 0 Å². The van der Waals surface area contributed by atoms with E-state index in [1.54, 1.807) is 23.5 Å². The van der Waals surface area contributed by atoms with Crippen LogP contribution in [0.15, 0.2) is 82.5 Å². The molecule has 6 nitrogen and oxygen atoms in total. The Morgan fingerprint density at radius 3 is 2.29 bits per heavy atom. The quantitative estimate of drug-likeness (QED) is 0.221. The number of aromatic amines is 1. The van der Waals surface area contributed by atoms with Gasteiger partial charge in [-0.1, -0.05) is 90.6 Å². The number of halogens is 3. The number of aromatic nitrogens is 4. The summed E-state index contributed by atoms with van der Waals surface area (Å²) in [6, 6.07) is 20.8. The topological polar surface area (TPSA) is 80.6 Å². The van der Waals surface area contributed by atoms with Gasteiger partial charge in [0.1, 0.15) is 11.2 Å². The molecule has 0 aliphatic carbocycles. The smallest absolute Gasteiger partial charge is 0.271 e. The summed E-state index contributed by atoms with van der Waals surface area (Å²) in [6.07, 6.45) is 2.88. The zero-order valence-electron chi connectivity index (χ0n) is 20.1. The monoisotopic (exact) mass is 582 g/mol. The van der Waals surface area contributed by atoms with Crippen LogP contribution in [-0.2, 0) is 6.42 Å². The first-order valence-corrected chi connectivity index (χ1v) is 13.8. The summed E-state index contributed by atoms with van der Waals surface area (Å²) in [5.41, 5.74) is 2.60. The molecule has 2 aromatic heterocycles. The highest BCUT2D eigenvalue weighted by Crippen LogP contribution is 2.44. The molecule has 1 N–H and O–H groups in total. The van der Waals surface area contributed by atoms with Gasteiger partial charge in [0.15, 0.2) is 0 Å². The second kappa shape index (κ2) is 11.3. The van der Waals surface area contributed by atoms with Crippen LogP contribution in [0, 0.1) is 0 Å². The SMILES string of the molecule is CCCc1sc(C(c2ccc(Cl)cc2)c2c(Cl)cc(-n3ncc(=O)[nH]c3=O)cc2Cl)nc1-c1ccccc1. The van der Waals surface area contributed by atoms with Gasteiger partial charge in [0.25, 0.3) is 5.56 Å². The standard InChI is InChI=1S/C28H21Cl3N4O2S/c1-2-6-22-26(17-7-4-3-5-8-17)34-27(38-22)24(16-9-11-18(29)12-10-16)25-20(30)13-19(14-21(25)31)35-28(37)33-23(36)15-32-35/h3-5,7-15,24H,2,6H2,1H3,(H,33,36,37). The molecule has 1 unspecified atom stereocenters. The minimum absolute atomic E-state index is 0.329. The summed E-state index contributed by atoms with van der Waals surface area (Å²) in [6.45, 7) is 2.14. The van der Waals surface area contributed by atoms with Crippen LogP contribution >= 0.6 is 46.1 Å². The number of hydrogen-bond donors (Lipinski definition) is 1. The van der Waals surface area contributed by atoms with E-state index in [4.69, 9.17) is 39.8 Å². The third-order valence-electron chi connectivity index (χ3n) is 6.00. The van der Waals surface area contributed by atoms with Crippen molar-refractivity contribution in [1.82, 2.24) is 19.7 Å². The Labute approximate surface area is 237 Å². The van der Waals surface area contributed by atoms with Crippen molar-refractivity contribution in [2.75, 3.05) is 0 Å². The fourth-order valence-corrected chi connectivity index (χ4v) is 6.45. The molecule has 5 aromatic rings. The van der Waals surface area contributed by atoms with Gasteiger partial charge >= 0.3 is 5.69 Å². The Morgan fingerprint density at radius 2 is 1.66 bits per heavy atom. The van der Waals surface area contributed by atoms with E-state index in [1.165, 1.54) is 4.88 Å². The Kier molecular flexibility index (Phi) is 7.81. The van der Waals surface area contributed by atoms with Gasteiger partial charge in [-0.2, -0.15) is 9.78 Å². The fourth-order valence-electron chi connectivity index (χ4n) is 4.31. The number of nitrogens with one attached hydrogen (secondary N) is 1. The zero-order valence-corrected chi connectivity index (χ0v) is 23.2. The molecule has 1 atom stereocenters. The van der Waals surface area contributed by atoms with Gasteiger partial charge in [0.05, 0.1) is 17.3 Å². The Balaban J connectivity index is 1.70. The van der Waals surface area contributed by atoms with E-state index in [1.807, 2.05) is 42.5 Å². The summed E-state index contributed by atoms with van der Waals surface area (Å²) < 4.78 is 1.04. The van der Waals surface area contributed by atoms with Gasteiger partial charge in [-0.15, -0.1) is 11.3 Å². The molecule has 0 aliphatic rings. The predicted octanol–water partition coefficient (Wildman–Crippen LogP) is 7.14. The van der Waals surface area contributed by atoms with Crippen molar-refractivity contribution in [2.24, 2.45) is 0 Å². The zero-order chi connectivity index (χ0) is 26.8. The molecule has 0 amide bonds. The van der Waals surface area contributed by atoms with Gasteiger partial charge in [0.2, 0.25) is 0 Å². The summed E-state index contributed by atoms with van der Waals surface area (Å²) in [5, 5.41) is 6.04. The van der Waals surface area contributed by atoms with Crippen molar-refractivity contribution in [3.05, 3.63) is 130 Å². The van der Waals surface area contributed by atoms with E-state index in [2.05, 4.69) is 29.1 Å². The lowest BCUT2D eigenvalue weighted by Crippen LogP contribution is -2.30. The van der Waals surface area contributed by atoms with Gasteiger partial charge < -0.3 is 0 Å². The van der Waals surface area contributed by atoms with E-state index < -0.39 is 11.2 Å². The van der Waals surface area contributed by atoms with Gasteiger partial charge in [-0.25, -0.2) is 9.78 Å². The van der Waals surface area contributed by atoms with Crippen LogP contribution in [-0.4, -0.2) is 19.7 Å². The van der Waals surface area contributed by atoms with Crippen LogP contribution in [0.3, 0.4) is 0 Å². The third kappa shape index (κ3) is 5.33. The van der Waals surface area contributed by atoms with Crippen LogP contribution in [0.1, 0.15) is 40.3 Å². The molecule has 0 saturated carbocycles. The molecule has 0 fully saturated rings. The third-order valence-corrected chi connectivity index (χ3v) is 8.06. The molecule has 5 rings (SSSR count). The number of aryl methyl sites for hydroxylation is 1. The van der Waals surface area contributed by atoms with Crippen LogP contribution in [0.4, 0.5) is 0 Å². The first-order valence-electron chi connectivity index (χ1n) is 11.8. The molecule has 3 aromatic carbocycles. The van der Waals surface area contributed by atoms with E-state index in [9.17, 15) is 9.59 Å². The van der Waals surface area contributed by atoms with Crippen LogP contribution in [0.5, 0.6) is 0 Å². The van der Waals surface area contributed by atoms with Crippen LogP contribution in [0.25, 0.3) is 16.9 Å². The van der Waals surface area contributed by atoms with Crippen molar-refractivity contribution in [1.29, 1.82) is 0 Å². The summed E-state index contributed by atoms with van der Waals surface area (Å²) in [5.74, 6) is -0.389. The molecule has 0 aliphatic heterocycles. The molecule has 192 valence electrons. The number of hydrogen-bond acceptors (Lipinski definition) is 5. The Bertz CT molecular complexity index is 1690. The largest absolute Gasteiger partial charge is 0.349 e. The minimum Gasteiger partial charge on any atom is -0.271 e. The highest BCUT2D eigenvalue weighted by Gasteiger charge is 2.28. The minimum atomic E-state index is -0.691. The highest BCUT2D eigenvalue weighted by molar-refractivity contribution is 7.12. The van der Waals surface area contributed by atoms with Gasteiger partial charge in [0, 0.05) is 31.1 Å². The summed E-state index contributed by atoms with van der Waals surface area (Å²) in [7, 11) is 0. The number of benzene rings is 3. The second-order valence-electron chi connectivity index (χ2n) is 8.60. The molecule has 0 saturated heterocycles. The molecule has 0 radical (unpaired) electrons. The molecule has 10 heteroatoms. The predicted molar refractivity (Wildman–Crippen MR) is 154 cm³/mol. The summed E-state index contributed by atoms with van der Waals surface area (Å²) in [4.78, 5) is 32.3. The number of thiazole rings is 1. The number of rotatable bonds is 7. The maximum absolute atomic E-state index is 12.3. The summed E-state index contributed by atoms with van der Waals surface area (Å²) >= 11 is 21.6. The van der Waals surface area contributed by atoms with E-state index in [-0.39, 0.29) is 5.92 Å². The normalized spacial score (nSPS) is 12.0. The lowest BCUT2D eigenvalue weighted by molar-refractivity contribution is 0.749.